The Morgan fingerprint density at radius 3 is 1.71 bits per heavy atom. The molecule has 4 heterocycles. The van der Waals surface area contributed by atoms with Crippen molar-refractivity contribution in [3.63, 3.8) is 0 Å². The molecule has 4 aromatic rings. The summed E-state index contributed by atoms with van der Waals surface area (Å²) in [5.74, 6) is 0.402. The standard InChI is InChI=1S/C17H18N2O2.C14H16N2.ClH/c1-12(20)17(21)19-10-7-13(8-11-19)14-6-9-18-16-5-3-2-4-15(14)16;1-2-4-14-13(3-1)12(7-10-16-14)11-5-8-15-9-6-11;/h2-6,9,13H,7-8,10-11H2,1H3;1-4,7,10-11,15H,5-6,8-9H2;1H. The van der Waals surface area contributed by atoms with Crippen molar-refractivity contribution in [3.8, 4) is 0 Å². The van der Waals surface area contributed by atoms with Gasteiger partial charge in [-0.25, -0.2) is 0 Å². The fourth-order valence-electron chi connectivity index (χ4n) is 5.70. The Morgan fingerprint density at radius 1 is 0.737 bits per heavy atom. The second-order valence-electron chi connectivity index (χ2n) is 9.98. The molecule has 0 radical (unpaired) electrons. The molecule has 2 aliphatic rings. The third-order valence-corrected chi connectivity index (χ3v) is 7.67. The Bertz CT molecular complexity index is 1380. The highest BCUT2D eigenvalue weighted by molar-refractivity contribution is 6.35. The fraction of sp³-hybridized carbons (Fsp3) is 0.355. The number of benzene rings is 2. The SMILES string of the molecule is CC(=O)C(=O)N1CCC(c2ccnc3ccccc23)CC1.Cl.c1ccc2c(C3CCNCC3)ccnc2c1. The van der Waals surface area contributed by atoms with Crippen molar-refractivity contribution in [1.82, 2.24) is 20.2 Å². The molecule has 0 atom stereocenters. The van der Waals surface area contributed by atoms with E-state index in [1.165, 1.54) is 41.7 Å². The lowest BCUT2D eigenvalue weighted by molar-refractivity contribution is -0.144. The Kier molecular flexibility index (Phi) is 9.43. The summed E-state index contributed by atoms with van der Waals surface area (Å²) in [7, 11) is 0. The lowest BCUT2D eigenvalue weighted by Gasteiger charge is -2.32. The Balaban J connectivity index is 0.000000178. The molecule has 2 aromatic carbocycles. The van der Waals surface area contributed by atoms with E-state index in [4.69, 9.17) is 0 Å². The zero-order chi connectivity index (χ0) is 25.6. The van der Waals surface area contributed by atoms with E-state index in [1.54, 1.807) is 4.90 Å². The monoisotopic (exact) mass is 530 g/mol. The van der Waals surface area contributed by atoms with Crippen LogP contribution >= 0.6 is 12.4 Å². The maximum atomic E-state index is 11.7. The van der Waals surface area contributed by atoms with Crippen molar-refractivity contribution in [2.24, 2.45) is 0 Å². The van der Waals surface area contributed by atoms with Crippen LogP contribution in [0.5, 0.6) is 0 Å². The average Bonchev–Trinajstić information content (AvgIpc) is 2.97. The van der Waals surface area contributed by atoms with Crippen LogP contribution in [0.2, 0.25) is 0 Å². The van der Waals surface area contributed by atoms with Crippen LogP contribution < -0.4 is 5.32 Å². The first kappa shape index (κ1) is 27.7. The largest absolute Gasteiger partial charge is 0.336 e. The maximum Gasteiger partial charge on any atom is 0.289 e. The molecule has 0 aliphatic carbocycles. The van der Waals surface area contributed by atoms with Crippen molar-refractivity contribution in [2.75, 3.05) is 26.2 Å². The number of piperidine rings is 2. The van der Waals surface area contributed by atoms with E-state index in [9.17, 15) is 9.59 Å². The Hall–Kier alpha value is -3.35. The third kappa shape index (κ3) is 6.20. The minimum Gasteiger partial charge on any atom is -0.336 e. The van der Waals surface area contributed by atoms with Gasteiger partial charge < -0.3 is 10.2 Å². The van der Waals surface area contributed by atoms with E-state index in [-0.39, 0.29) is 24.1 Å². The number of ketones is 1. The molecule has 2 fully saturated rings. The lowest BCUT2D eigenvalue weighted by atomic mass is 9.87. The number of aromatic nitrogens is 2. The fourth-order valence-corrected chi connectivity index (χ4v) is 5.70. The Morgan fingerprint density at radius 2 is 1.21 bits per heavy atom. The summed E-state index contributed by atoms with van der Waals surface area (Å²) in [6.45, 7) is 4.92. The second-order valence-corrected chi connectivity index (χ2v) is 9.98. The minimum absolute atomic E-state index is 0. The number of carbonyl (C=O) groups is 2. The van der Waals surface area contributed by atoms with Gasteiger partial charge in [0.2, 0.25) is 5.78 Å². The van der Waals surface area contributed by atoms with E-state index in [1.807, 2.05) is 30.6 Å². The molecule has 0 unspecified atom stereocenters. The van der Waals surface area contributed by atoms with E-state index >= 15 is 0 Å². The summed E-state index contributed by atoms with van der Waals surface area (Å²) in [6.07, 6.45) is 8.08. The Labute approximate surface area is 230 Å². The van der Waals surface area contributed by atoms with E-state index in [2.05, 4.69) is 57.7 Å². The number of pyridine rings is 2. The van der Waals surface area contributed by atoms with Gasteiger partial charge in [0.1, 0.15) is 0 Å². The second kappa shape index (κ2) is 12.9. The van der Waals surface area contributed by atoms with Gasteiger partial charge in [-0.05, 0) is 86.0 Å². The van der Waals surface area contributed by atoms with Gasteiger partial charge in [0.05, 0.1) is 11.0 Å². The first-order valence-corrected chi connectivity index (χ1v) is 13.3. The van der Waals surface area contributed by atoms with Gasteiger partial charge in [-0.1, -0.05) is 36.4 Å². The number of amides is 1. The predicted molar refractivity (Wildman–Crippen MR) is 155 cm³/mol. The van der Waals surface area contributed by atoms with Gasteiger partial charge in [-0.15, -0.1) is 12.4 Å². The van der Waals surface area contributed by atoms with Crippen LogP contribution in [0.4, 0.5) is 0 Å². The van der Waals surface area contributed by atoms with Gasteiger partial charge in [0.15, 0.2) is 0 Å². The summed E-state index contributed by atoms with van der Waals surface area (Å²) in [5.41, 5.74) is 4.92. The normalized spacial score (nSPS) is 16.4. The molecule has 2 aromatic heterocycles. The van der Waals surface area contributed by atoms with Crippen LogP contribution in [0, 0.1) is 0 Å². The van der Waals surface area contributed by atoms with Crippen LogP contribution in [0.25, 0.3) is 21.8 Å². The lowest BCUT2D eigenvalue weighted by Crippen LogP contribution is -2.40. The highest BCUT2D eigenvalue weighted by atomic mass is 35.5. The summed E-state index contributed by atoms with van der Waals surface area (Å²) >= 11 is 0. The first-order chi connectivity index (χ1) is 18.1. The van der Waals surface area contributed by atoms with Crippen molar-refractivity contribution in [3.05, 3.63) is 84.2 Å². The quantitative estimate of drug-likeness (QED) is 0.346. The molecular formula is C31H35ClN4O2. The number of carbonyl (C=O) groups excluding carboxylic acids is 2. The van der Waals surface area contributed by atoms with Gasteiger partial charge in [-0.2, -0.15) is 0 Å². The summed E-state index contributed by atoms with van der Waals surface area (Å²) in [6, 6.07) is 20.9. The summed E-state index contributed by atoms with van der Waals surface area (Å²) in [4.78, 5) is 33.4. The van der Waals surface area contributed by atoms with E-state index in [0.29, 0.717) is 24.9 Å². The molecule has 6 nitrogen and oxygen atoms in total. The number of nitrogens with zero attached hydrogens (tertiary/aromatic N) is 3. The molecule has 2 aliphatic heterocycles. The molecule has 0 spiro atoms. The number of rotatable bonds is 3. The minimum atomic E-state index is -0.372. The third-order valence-electron chi connectivity index (χ3n) is 7.67. The zero-order valence-electron chi connectivity index (χ0n) is 21.8. The van der Waals surface area contributed by atoms with Crippen LogP contribution in [-0.4, -0.2) is 52.7 Å². The first-order valence-electron chi connectivity index (χ1n) is 13.3. The van der Waals surface area contributed by atoms with Crippen LogP contribution in [0.3, 0.4) is 0 Å². The van der Waals surface area contributed by atoms with Gasteiger partial charge in [0.25, 0.3) is 5.91 Å². The number of fused-ring (bicyclic) bond motifs is 2. The number of para-hydroxylation sites is 2. The highest BCUT2D eigenvalue weighted by Crippen LogP contribution is 2.32. The highest BCUT2D eigenvalue weighted by Gasteiger charge is 2.26. The van der Waals surface area contributed by atoms with Crippen molar-refractivity contribution in [1.29, 1.82) is 0 Å². The molecule has 0 saturated carbocycles. The number of hydrogen-bond acceptors (Lipinski definition) is 5. The van der Waals surface area contributed by atoms with E-state index in [0.717, 1.165) is 37.0 Å². The molecule has 198 valence electrons. The summed E-state index contributed by atoms with van der Waals surface area (Å²) in [5, 5.41) is 5.94. The zero-order valence-corrected chi connectivity index (χ0v) is 22.6. The molecule has 1 amide bonds. The van der Waals surface area contributed by atoms with E-state index < -0.39 is 0 Å². The summed E-state index contributed by atoms with van der Waals surface area (Å²) < 4.78 is 0. The molecule has 7 heteroatoms. The molecule has 0 bridgehead atoms. The topological polar surface area (TPSA) is 75.2 Å². The molecular weight excluding hydrogens is 496 g/mol. The number of likely N-dealkylation sites (tertiary alicyclic amines) is 1. The maximum absolute atomic E-state index is 11.7. The van der Waals surface area contributed by atoms with Crippen LogP contribution in [0.1, 0.15) is 55.6 Å². The van der Waals surface area contributed by atoms with Crippen molar-refractivity contribution >= 4 is 45.9 Å². The van der Waals surface area contributed by atoms with Crippen LogP contribution in [-0.2, 0) is 9.59 Å². The van der Waals surface area contributed by atoms with Gasteiger partial charge in [0, 0.05) is 43.2 Å². The molecule has 1 N–H and O–H groups in total. The number of nitrogens with one attached hydrogen (secondary N) is 1. The van der Waals surface area contributed by atoms with Gasteiger partial charge >= 0.3 is 0 Å². The number of hydrogen-bond donors (Lipinski definition) is 1. The molecule has 2 saturated heterocycles. The van der Waals surface area contributed by atoms with Crippen molar-refractivity contribution < 1.29 is 9.59 Å². The smallest absolute Gasteiger partial charge is 0.289 e. The predicted octanol–water partition coefficient (Wildman–Crippen LogP) is 5.65. The number of halogens is 1. The van der Waals surface area contributed by atoms with Crippen molar-refractivity contribution in [2.45, 2.75) is 44.4 Å². The van der Waals surface area contributed by atoms with Gasteiger partial charge in [-0.3, -0.25) is 19.6 Å². The number of Topliss-reactive ketones (excluding diaryl/α,β-unsaturated/α-hetero) is 1. The molecule has 6 rings (SSSR count). The average molecular weight is 531 g/mol. The molecule has 38 heavy (non-hydrogen) atoms. The van der Waals surface area contributed by atoms with Crippen LogP contribution in [0.15, 0.2) is 73.1 Å².